The molecular weight excluding hydrogens is 221 g/mol. The van der Waals surface area contributed by atoms with Crippen LogP contribution in [0, 0.1) is 12.7 Å². The predicted molar refractivity (Wildman–Crippen MR) is 62.4 cm³/mol. The fourth-order valence-corrected chi connectivity index (χ4v) is 1.93. The molecule has 1 fully saturated rings. The van der Waals surface area contributed by atoms with E-state index in [4.69, 9.17) is 4.74 Å². The van der Waals surface area contributed by atoms with Crippen molar-refractivity contribution < 1.29 is 13.9 Å². The summed E-state index contributed by atoms with van der Waals surface area (Å²) in [6.45, 7) is 2.84. The largest absolute Gasteiger partial charge is 0.376 e. The number of hydrogen-bond donors (Lipinski definition) is 1. The van der Waals surface area contributed by atoms with Gasteiger partial charge >= 0.3 is 0 Å². The van der Waals surface area contributed by atoms with Gasteiger partial charge in [-0.15, -0.1) is 0 Å². The lowest BCUT2D eigenvalue weighted by Crippen LogP contribution is -2.32. The van der Waals surface area contributed by atoms with Crippen LogP contribution in [0.25, 0.3) is 0 Å². The maximum Gasteiger partial charge on any atom is 0.254 e. The Kier molecular flexibility index (Phi) is 3.74. The second-order valence-electron chi connectivity index (χ2n) is 4.28. The molecule has 1 aromatic carbocycles. The molecule has 1 aliphatic heterocycles. The number of amides is 1. The minimum atomic E-state index is -0.447. The predicted octanol–water partition coefficient (Wildman–Crippen LogP) is 2.04. The number of halogens is 1. The van der Waals surface area contributed by atoms with Crippen molar-refractivity contribution in [2.75, 3.05) is 13.2 Å². The van der Waals surface area contributed by atoms with Gasteiger partial charge in [0, 0.05) is 13.2 Å². The van der Waals surface area contributed by atoms with Gasteiger partial charge in [0.1, 0.15) is 5.82 Å². The fraction of sp³-hybridized carbons (Fsp3) is 0.462. The number of carbonyl (C=O) groups is 1. The molecule has 0 aliphatic carbocycles. The van der Waals surface area contributed by atoms with Gasteiger partial charge in [-0.2, -0.15) is 0 Å². The van der Waals surface area contributed by atoms with E-state index in [1.165, 1.54) is 6.07 Å². The van der Waals surface area contributed by atoms with Crippen LogP contribution < -0.4 is 5.32 Å². The Balaban J connectivity index is 1.97. The molecule has 0 radical (unpaired) electrons. The van der Waals surface area contributed by atoms with Gasteiger partial charge in [-0.25, -0.2) is 4.39 Å². The highest BCUT2D eigenvalue weighted by atomic mass is 19.1. The van der Waals surface area contributed by atoms with Crippen LogP contribution in [-0.2, 0) is 4.74 Å². The van der Waals surface area contributed by atoms with Crippen LogP contribution in [0.5, 0.6) is 0 Å². The van der Waals surface area contributed by atoms with Crippen molar-refractivity contribution in [3.8, 4) is 0 Å². The summed E-state index contributed by atoms with van der Waals surface area (Å²) in [7, 11) is 0. The summed E-state index contributed by atoms with van der Waals surface area (Å²) < 4.78 is 19.0. The maximum atomic E-state index is 13.7. The Hall–Kier alpha value is -1.42. The molecule has 1 amide bonds. The van der Waals surface area contributed by atoms with E-state index < -0.39 is 5.82 Å². The third-order valence-electron chi connectivity index (χ3n) is 2.95. The zero-order valence-corrected chi connectivity index (χ0v) is 9.83. The van der Waals surface area contributed by atoms with Crippen molar-refractivity contribution in [3.63, 3.8) is 0 Å². The molecule has 0 aromatic heterocycles. The molecule has 1 N–H and O–H groups in total. The molecule has 0 bridgehead atoms. The number of ether oxygens (including phenoxy) is 1. The monoisotopic (exact) mass is 237 g/mol. The minimum Gasteiger partial charge on any atom is -0.376 e. The summed E-state index contributed by atoms with van der Waals surface area (Å²) in [5.41, 5.74) is 0.581. The molecule has 1 unspecified atom stereocenters. The van der Waals surface area contributed by atoms with Crippen molar-refractivity contribution in [1.82, 2.24) is 5.32 Å². The quantitative estimate of drug-likeness (QED) is 0.873. The first-order valence-electron chi connectivity index (χ1n) is 5.83. The maximum absolute atomic E-state index is 13.7. The topological polar surface area (TPSA) is 38.3 Å². The smallest absolute Gasteiger partial charge is 0.254 e. The van der Waals surface area contributed by atoms with Gasteiger partial charge in [0.2, 0.25) is 0 Å². The SMILES string of the molecule is Cc1cccc(C(=O)NCC2CCCO2)c1F. The molecule has 1 aliphatic rings. The normalized spacial score (nSPS) is 19.3. The lowest BCUT2D eigenvalue weighted by atomic mass is 10.1. The van der Waals surface area contributed by atoms with Crippen LogP contribution in [0.4, 0.5) is 4.39 Å². The van der Waals surface area contributed by atoms with E-state index in [1.807, 2.05) is 0 Å². The minimum absolute atomic E-state index is 0.0758. The summed E-state index contributed by atoms with van der Waals surface area (Å²) in [6, 6.07) is 4.82. The van der Waals surface area contributed by atoms with E-state index in [9.17, 15) is 9.18 Å². The Bertz CT molecular complexity index is 414. The fourth-order valence-electron chi connectivity index (χ4n) is 1.93. The Labute approximate surface area is 100.0 Å². The Morgan fingerprint density at radius 3 is 3.12 bits per heavy atom. The van der Waals surface area contributed by atoms with Gasteiger partial charge in [-0.05, 0) is 31.4 Å². The van der Waals surface area contributed by atoms with Crippen LogP contribution in [0.3, 0.4) is 0 Å². The lowest BCUT2D eigenvalue weighted by molar-refractivity contribution is 0.0854. The molecule has 2 rings (SSSR count). The average molecular weight is 237 g/mol. The van der Waals surface area contributed by atoms with Crippen LogP contribution >= 0.6 is 0 Å². The standard InChI is InChI=1S/C13H16FNO2/c1-9-4-2-6-11(12(9)14)13(16)15-8-10-5-3-7-17-10/h2,4,6,10H,3,5,7-8H2,1H3,(H,15,16). The van der Waals surface area contributed by atoms with Crippen LogP contribution in [0.1, 0.15) is 28.8 Å². The molecule has 1 heterocycles. The summed E-state index contributed by atoms with van der Waals surface area (Å²) in [5, 5.41) is 2.70. The highest BCUT2D eigenvalue weighted by Gasteiger charge is 2.18. The van der Waals surface area contributed by atoms with Crippen LogP contribution in [0.2, 0.25) is 0 Å². The van der Waals surface area contributed by atoms with Gasteiger partial charge in [-0.1, -0.05) is 12.1 Å². The van der Waals surface area contributed by atoms with Gasteiger partial charge in [0.25, 0.3) is 5.91 Å². The number of benzene rings is 1. The first-order valence-corrected chi connectivity index (χ1v) is 5.83. The Morgan fingerprint density at radius 2 is 2.41 bits per heavy atom. The van der Waals surface area contributed by atoms with Gasteiger partial charge < -0.3 is 10.1 Å². The molecule has 92 valence electrons. The molecule has 1 atom stereocenters. The summed E-state index contributed by atoms with van der Waals surface area (Å²) in [4.78, 5) is 11.8. The highest BCUT2D eigenvalue weighted by molar-refractivity contribution is 5.94. The van der Waals surface area contributed by atoms with E-state index in [0.717, 1.165) is 19.4 Å². The Morgan fingerprint density at radius 1 is 1.59 bits per heavy atom. The number of carbonyl (C=O) groups excluding carboxylic acids is 1. The molecule has 1 aromatic rings. The molecular formula is C13H16FNO2. The number of hydrogen-bond acceptors (Lipinski definition) is 2. The second-order valence-corrected chi connectivity index (χ2v) is 4.28. The molecule has 0 spiro atoms. The van der Waals surface area contributed by atoms with Crippen LogP contribution in [-0.4, -0.2) is 25.2 Å². The highest BCUT2D eigenvalue weighted by Crippen LogP contribution is 2.13. The number of aryl methyl sites for hydroxylation is 1. The zero-order chi connectivity index (χ0) is 12.3. The molecule has 0 saturated carbocycles. The van der Waals surface area contributed by atoms with Crippen molar-refractivity contribution in [3.05, 3.63) is 35.1 Å². The van der Waals surface area contributed by atoms with Gasteiger partial charge in [0.15, 0.2) is 0 Å². The van der Waals surface area contributed by atoms with E-state index in [0.29, 0.717) is 12.1 Å². The third kappa shape index (κ3) is 2.82. The van der Waals surface area contributed by atoms with Crippen molar-refractivity contribution in [2.24, 2.45) is 0 Å². The first kappa shape index (κ1) is 12.0. The summed E-state index contributed by atoms with van der Waals surface area (Å²) >= 11 is 0. The van der Waals surface area contributed by atoms with Gasteiger partial charge in [-0.3, -0.25) is 4.79 Å². The third-order valence-corrected chi connectivity index (χ3v) is 2.95. The average Bonchev–Trinajstić information content (AvgIpc) is 2.82. The van der Waals surface area contributed by atoms with E-state index in [2.05, 4.69) is 5.32 Å². The molecule has 4 heteroatoms. The summed E-state index contributed by atoms with van der Waals surface area (Å²) in [6.07, 6.45) is 2.06. The van der Waals surface area contributed by atoms with E-state index in [1.54, 1.807) is 19.1 Å². The van der Waals surface area contributed by atoms with Gasteiger partial charge in [0.05, 0.1) is 11.7 Å². The zero-order valence-electron chi connectivity index (χ0n) is 9.83. The lowest BCUT2D eigenvalue weighted by Gasteiger charge is -2.11. The first-order chi connectivity index (χ1) is 8.18. The summed E-state index contributed by atoms with van der Waals surface area (Å²) in [5.74, 6) is -0.820. The second kappa shape index (κ2) is 5.27. The van der Waals surface area contributed by atoms with Crippen LogP contribution in [0.15, 0.2) is 18.2 Å². The number of nitrogens with one attached hydrogen (secondary N) is 1. The molecule has 1 saturated heterocycles. The molecule has 3 nitrogen and oxygen atoms in total. The van der Waals surface area contributed by atoms with Crippen molar-refractivity contribution in [2.45, 2.75) is 25.9 Å². The van der Waals surface area contributed by atoms with E-state index in [-0.39, 0.29) is 17.6 Å². The number of rotatable bonds is 3. The van der Waals surface area contributed by atoms with Crippen molar-refractivity contribution in [1.29, 1.82) is 0 Å². The molecule has 17 heavy (non-hydrogen) atoms. The van der Waals surface area contributed by atoms with E-state index >= 15 is 0 Å². The van der Waals surface area contributed by atoms with Crippen molar-refractivity contribution >= 4 is 5.91 Å².